The Kier molecular flexibility index (Phi) is 5.58. The zero-order valence-corrected chi connectivity index (χ0v) is 12.0. The second-order valence-corrected chi connectivity index (χ2v) is 4.64. The van der Waals surface area contributed by atoms with Gasteiger partial charge < -0.3 is 15.2 Å². The van der Waals surface area contributed by atoms with Crippen molar-refractivity contribution in [2.75, 3.05) is 13.2 Å². The van der Waals surface area contributed by atoms with E-state index in [1.165, 1.54) is 0 Å². The van der Waals surface area contributed by atoms with Crippen LogP contribution < -0.4 is 10.1 Å². The Morgan fingerprint density at radius 1 is 1.18 bits per heavy atom. The molecule has 0 saturated carbocycles. The second-order valence-electron chi connectivity index (χ2n) is 4.64. The van der Waals surface area contributed by atoms with Crippen molar-refractivity contribution in [3.63, 3.8) is 0 Å². The first-order valence-corrected chi connectivity index (χ1v) is 6.87. The molecule has 2 aromatic rings. The van der Waals surface area contributed by atoms with Gasteiger partial charge in [-0.15, -0.1) is 6.42 Å². The maximum atomic E-state index is 12.2. The molecule has 0 fully saturated rings. The van der Waals surface area contributed by atoms with Gasteiger partial charge in [0.1, 0.15) is 12.4 Å². The minimum atomic E-state index is -0.439. The maximum Gasteiger partial charge on any atom is 0.251 e. The molecule has 2 rings (SSSR count). The summed E-state index contributed by atoms with van der Waals surface area (Å²) in [7, 11) is 0. The molecule has 2 aromatic carbocycles. The number of benzene rings is 2. The van der Waals surface area contributed by atoms with E-state index in [0.717, 1.165) is 5.56 Å². The van der Waals surface area contributed by atoms with E-state index in [1.54, 1.807) is 24.3 Å². The third-order valence-corrected chi connectivity index (χ3v) is 3.13. The van der Waals surface area contributed by atoms with E-state index in [2.05, 4.69) is 11.2 Å². The Bertz CT molecular complexity index is 644. The summed E-state index contributed by atoms with van der Waals surface area (Å²) < 4.78 is 5.25. The molecule has 0 aliphatic carbocycles. The lowest BCUT2D eigenvalue weighted by Gasteiger charge is -2.16. The highest BCUT2D eigenvalue weighted by atomic mass is 16.5. The van der Waals surface area contributed by atoms with Crippen LogP contribution in [0.25, 0.3) is 0 Å². The van der Waals surface area contributed by atoms with Crippen molar-refractivity contribution >= 4 is 5.91 Å². The normalized spacial score (nSPS) is 11.3. The highest BCUT2D eigenvalue weighted by Crippen LogP contribution is 2.15. The predicted octanol–water partition coefficient (Wildman–Crippen LogP) is 2.16. The van der Waals surface area contributed by atoms with Gasteiger partial charge in [0.2, 0.25) is 0 Å². The lowest BCUT2D eigenvalue weighted by atomic mass is 10.1. The zero-order chi connectivity index (χ0) is 15.8. The molecule has 2 N–H and O–H groups in total. The first kappa shape index (κ1) is 15.6. The third kappa shape index (κ3) is 4.11. The number of rotatable bonds is 6. The molecule has 0 aliphatic heterocycles. The smallest absolute Gasteiger partial charge is 0.251 e. The molecule has 0 bridgehead atoms. The van der Waals surface area contributed by atoms with E-state index in [9.17, 15) is 9.90 Å². The van der Waals surface area contributed by atoms with Crippen LogP contribution in [0.2, 0.25) is 0 Å². The molecule has 1 amide bonds. The summed E-state index contributed by atoms with van der Waals surface area (Å²) in [6, 6.07) is 15.6. The monoisotopic (exact) mass is 295 g/mol. The number of nitrogens with one attached hydrogen (secondary N) is 1. The minimum absolute atomic E-state index is 0.168. The first-order chi connectivity index (χ1) is 10.7. The fourth-order valence-electron chi connectivity index (χ4n) is 1.99. The van der Waals surface area contributed by atoms with Gasteiger partial charge in [-0.2, -0.15) is 0 Å². The molecule has 1 atom stereocenters. The summed E-state index contributed by atoms with van der Waals surface area (Å²) in [5, 5.41) is 12.3. The van der Waals surface area contributed by atoms with E-state index in [1.807, 2.05) is 30.3 Å². The number of aliphatic hydroxyl groups is 1. The van der Waals surface area contributed by atoms with Crippen molar-refractivity contribution in [2.45, 2.75) is 6.04 Å². The van der Waals surface area contributed by atoms with Crippen LogP contribution in [0, 0.1) is 12.3 Å². The molecular weight excluding hydrogens is 278 g/mol. The van der Waals surface area contributed by atoms with Crippen LogP contribution >= 0.6 is 0 Å². The molecule has 0 radical (unpaired) electrons. The van der Waals surface area contributed by atoms with Gasteiger partial charge in [-0.05, 0) is 29.8 Å². The van der Waals surface area contributed by atoms with E-state index in [0.29, 0.717) is 11.3 Å². The van der Waals surface area contributed by atoms with Crippen molar-refractivity contribution in [1.29, 1.82) is 0 Å². The maximum absolute atomic E-state index is 12.2. The zero-order valence-electron chi connectivity index (χ0n) is 12.0. The van der Waals surface area contributed by atoms with Gasteiger partial charge in [-0.1, -0.05) is 36.3 Å². The van der Waals surface area contributed by atoms with Gasteiger partial charge >= 0.3 is 0 Å². The number of amides is 1. The Morgan fingerprint density at radius 3 is 2.45 bits per heavy atom. The molecule has 4 nitrogen and oxygen atoms in total. The van der Waals surface area contributed by atoms with Gasteiger partial charge in [0.15, 0.2) is 0 Å². The topological polar surface area (TPSA) is 58.6 Å². The van der Waals surface area contributed by atoms with Crippen LogP contribution in [-0.4, -0.2) is 24.2 Å². The van der Waals surface area contributed by atoms with E-state index in [4.69, 9.17) is 11.2 Å². The van der Waals surface area contributed by atoms with Crippen molar-refractivity contribution in [3.8, 4) is 18.1 Å². The third-order valence-electron chi connectivity index (χ3n) is 3.13. The lowest BCUT2D eigenvalue weighted by Crippen LogP contribution is -2.30. The van der Waals surface area contributed by atoms with Crippen molar-refractivity contribution in [1.82, 2.24) is 5.32 Å². The SMILES string of the molecule is C#CCOc1ccc(C(=O)NC(CO)c2ccccc2)cc1. The molecule has 112 valence electrons. The summed E-state index contributed by atoms with van der Waals surface area (Å²) >= 11 is 0. The summed E-state index contributed by atoms with van der Waals surface area (Å²) in [4.78, 5) is 12.2. The van der Waals surface area contributed by atoms with Crippen LogP contribution in [0.3, 0.4) is 0 Å². The molecule has 0 saturated heterocycles. The molecule has 4 heteroatoms. The number of carbonyl (C=O) groups excluding carboxylic acids is 1. The average Bonchev–Trinajstić information content (AvgIpc) is 2.58. The van der Waals surface area contributed by atoms with Crippen molar-refractivity contribution < 1.29 is 14.6 Å². The molecule has 0 spiro atoms. The van der Waals surface area contributed by atoms with Gasteiger partial charge in [0.25, 0.3) is 5.91 Å². The highest BCUT2D eigenvalue weighted by Gasteiger charge is 2.14. The van der Waals surface area contributed by atoms with Gasteiger partial charge in [0.05, 0.1) is 12.6 Å². The molecule has 0 aromatic heterocycles. The molecular formula is C18H17NO3. The van der Waals surface area contributed by atoms with Crippen LogP contribution in [-0.2, 0) is 0 Å². The van der Waals surface area contributed by atoms with Crippen LogP contribution in [0.4, 0.5) is 0 Å². The number of hydrogen-bond acceptors (Lipinski definition) is 3. The van der Waals surface area contributed by atoms with Gasteiger partial charge in [0, 0.05) is 5.56 Å². The molecule has 0 aliphatic rings. The average molecular weight is 295 g/mol. The highest BCUT2D eigenvalue weighted by molar-refractivity contribution is 5.94. The van der Waals surface area contributed by atoms with Crippen LogP contribution in [0.15, 0.2) is 54.6 Å². The predicted molar refractivity (Wildman–Crippen MR) is 84.5 cm³/mol. The number of ether oxygens (including phenoxy) is 1. The van der Waals surface area contributed by atoms with E-state index in [-0.39, 0.29) is 19.1 Å². The summed E-state index contributed by atoms with van der Waals surface area (Å²) in [5.41, 5.74) is 1.34. The second kappa shape index (κ2) is 7.87. The summed E-state index contributed by atoms with van der Waals surface area (Å²) in [6.07, 6.45) is 5.12. The number of terminal acetylenes is 1. The van der Waals surface area contributed by atoms with Crippen molar-refractivity contribution in [2.24, 2.45) is 0 Å². The number of hydrogen-bond donors (Lipinski definition) is 2. The lowest BCUT2D eigenvalue weighted by molar-refractivity contribution is 0.0916. The molecule has 0 heterocycles. The summed E-state index contributed by atoms with van der Waals surface area (Å²) in [6.45, 7) is 0.0191. The Hall–Kier alpha value is -2.77. The largest absolute Gasteiger partial charge is 0.481 e. The quantitative estimate of drug-likeness (QED) is 0.803. The van der Waals surface area contributed by atoms with Gasteiger partial charge in [-0.25, -0.2) is 0 Å². The molecule has 1 unspecified atom stereocenters. The number of aliphatic hydroxyl groups excluding tert-OH is 1. The Balaban J connectivity index is 2.03. The Labute approximate surface area is 129 Å². The first-order valence-electron chi connectivity index (χ1n) is 6.87. The summed E-state index contributed by atoms with van der Waals surface area (Å²) in [5.74, 6) is 2.73. The van der Waals surface area contributed by atoms with Crippen LogP contribution in [0.5, 0.6) is 5.75 Å². The van der Waals surface area contributed by atoms with E-state index >= 15 is 0 Å². The fourth-order valence-corrected chi connectivity index (χ4v) is 1.99. The molecule has 22 heavy (non-hydrogen) atoms. The van der Waals surface area contributed by atoms with Crippen molar-refractivity contribution in [3.05, 3.63) is 65.7 Å². The van der Waals surface area contributed by atoms with Gasteiger partial charge in [-0.3, -0.25) is 4.79 Å². The van der Waals surface area contributed by atoms with E-state index < -0.39 is 6.04 Å². The Morgan fingerprint density at radius 2 is 1.86 bits per heavy atom. The van der Waals surface area contributed by atoms with Crippen LogP contribution in [0.1, 0.15) is 22.0 Å². The standard InChI is InChI=1S/C18H17NO3/c1-2-12-22-16-10-8-15(9-11-16)18(21)19-17(13-20)14-6-4-3-5-7-14/h1,3-11,17,20H,12-13H2,(H,19,21). The minimum Gasteiger partial charge on any atom is -0.481 e. The fraction of sp³-hybridized carbons (Fsp3) is 0.167. The number of carbonyl (C=O) groups is 1.